The molecule has 26 heavy (non-hydrogen) atoms. The number of anilines is 1. The first kappa shape index (κ1) is 17.6. The van der Waals surface area contributed by atoms with E-state index in [4.69, 9.17) is 13.9 Å². The molecule has 0 aliphatic rings. The number of methoxy groups -OCH3 is 2. The Balaban J connectivity index is 1.73. The summed E-state index contributed by atoms with van der Waals surface area (Å²) >= 11 is 0. The Morgan fingerprint density at radius 2 is 1.96 bits per heavy atom. The van der Waals surface area contributed by atoms with Crippen LogP contribution < -0.4 is 14.8 Å². The fourth-order valence-corrected chi connectivity index (χ4v) is 2.65. The highest BCUT2D eigenvalue weighted by Gasteiger charge is 2.15. The van der Waals surface area contributed by atoms with E-state index in [2.05, 4.69) is 10.4 Å². The molecule has 0 atom stereocenters. The highest BCUT2D eigenvalue weighted by Crippen LogP contribution is 2.29. The lowest BCUT2D eigenvalue weighted by Gasteiger charge is -2.10. The third-order valence-corrected chi connectivity index (χ3v) is 3.95. The van der Waals surface area contributed by atoms with Crippen LogP contribution in [0, 0.1) is 13.8 Å². The molecule has 0 spiro atoms. The van der Waals surface area contributed by atoms with Crippen LogP contribution in [0.2, 0.25) is 0 Å². The molecule has 3 rings (SSSR count). The van der Waals surface area contributed by atoms with Gasteiger partial charge in [0.05, 0.1) is 32.1 Å². The highest BCUT2D eigenvalue weighted by atomic mass is 16.5. The van der Waals surface area contributed by atoms with Crippen LogP contribution in [0.15, 0.2) is 40.8 Å². The van der Waals surface area contributed by atoms with Crippen molar-refractivity contribution in [3.05, 3.63) is 59.3 Å². The van der Waals surface area contributed by atoms with Gasteiger partial charge in [0.15, 0.2) is 5.76 Å². The summed E-state index contributed by atoms with van der Waals surface area (Å²) in [7, 11) is 3.10. The fourth-order valence-electron chi connectivity index (χ4n) is 2.65. The van der Waals surface area contributed by atoms with Gasteiger partial charge in [-0.15, -0.1) is 0 Å². The number of nitrogens with zero attached hydrogens (tertiary/aromatic N) is 2. The molecule has 0 radical (unpaired) electrons. The Morgan fingerprint density at radius 3 is 2.62 bits per heavy atom. The number of hydrogen-bond acceptors (Lipinski definition) is 5. The van der Waals surface area contributed by atoms with E-state index in [1.165, 1.54) is 7.11 Å². The standard InChI is InChI=1S/C19H21N3O4/c1-12-9-13(2)22(21-12)11-15-6-8-17(26-15)19(23)20-16-7-5-14(24-3)10-18(16)25-4/h5-10H,11H2,1-4H3,(H,20,23). The fraction of sp³-hybridized carbons (Fsp3) is 0.263. The predicted octanol–water partition coefficient (Wildman–Crippen LogP) is 3.41. The van der Waals surface area contributed by atoms with Crippen molar-refractivity contribution in [2.45, 2.75) is 20.4 Å². The molecular formula is C19H21N3O4. The summed E-state index contributed by atoms with van der Waals surface area (Å²) in [6, 6.07) is 10.6. The molecule has 0 aliphatic heterocycles. The van der Waals surface area contributed by atoms with E-state index < -0.39 is 0 Å². The zero-order chi connectivity index (χ0) is 18.7. The maximum atomic E-state index is 12.5. The molecule has 2 aromatic heterocycles. The number of ether oxygens (including phenoxy) is 2. The number of benzene rings is 1. The summed E-state index contributed by atoms with van der Waals surface area (Å²) in [5.74, 6) is 1.67. The number of amides is 1. The maximum Gasteiger partial charge on any atom is 0.291 e. The van der Waals surface area contributed by atoms with E-state index in [1.54, 1.807) is 37.4 Å². The van der Waals surface area contributed by atoms with Gasteiger partial charge in [-0.25, -0.2) is 0 Å². The molecule has 0 bridgehead atoms. The van der Waals surface area contributed by atoms with Crippen molar-refractivity contribution in [2.75, 3.05) is 19.5 Å². The van der Waals surface area contributed by atoms with Crippen molar-refractivity contribution in [1.29, 1.82) is 0 Å². The van der Waals surface area contributed by atoms with Crippen LogP contribution in [0.5, 0.6) is 11.5 Å². The van der Waals surface area contributed by atoms with Crippen LogP contribution in [0.1, 0.15) is 27.7 Å². The number of hydrogen-bond donors (Lipinski definition) is 1. The molecule has 0 saturated heterocycles. The second kappa shape index (κ2) is 7.35. The molecular weight excluding hydrogens is 334 g/mol. The summed E-state index contributed by atoms with van der Waals surface area (Å²) in [6.45, 7) is 4.39. The minimum Gasteiger partial charge on any atom is -0.497 e. The molecule has 136 valence electrons. The van der Waals surface area contributed by atoms with E-state index in [9.17, 15) is 4.79 Å². The second-order valence-corrected chi connectivity index (χ2v) is 5.87. The molecule has 1 aromatic carbocycles. The quantitative estimate of drug-likeness (QED) is 0.733. The van der Waals surface area contributed by atoms with Gasteiger partial charge in [-0.1, -0.05) is 0 Å². The SMILES string of the molecule is COc1ccc(NC(=O)c2ccc(Cn3nc(C)cc3C)o2)c(OC)c1. The average molecular weight is 355 g/mol. The van der Waals surface area contributed by atoms with E-state index in [0.29, 0.717) is 29.5 Å². The average Bonchev–Trinajstić information content (AvgIpc) is 3.22. The van der Waals surface area contributed by atoms with Crippen molar-refractivity contribution in [3.8, 4) is 11.5 Å². The first-order valence-corrected chi connectivity index (χ1v) is 8.13. The van der Waals surface area contributed by atoms with Gasteiger partial charge in [0.25, 0.3) is 5.91 Å². The molecule has 0 fully saturated rings. The summed E-state index contributed by atoms with van der Waals surface area (Å²) < 4.78 is 17.9. The first-order valence-electron chi connectivity index (χ1n) is 8.13. The van der Waals surface area contributed by atoms with Gasteiger partial charge in [-0.05, 0) is 44.2 Å². The summed E-state index contributed by atoms with van der Waals surface area (Å²) in [6.07, 6.45) is 0. The number of carbonyl (C=O) groups excluding carboxylic acids is 1. The smallest absolute Gasteiger partial charge is 0.291 e. The highest BCUT2D eigenvalue weighted by molar-refractivity contribution is 6.03. The lowest BCUT2D eigenvalue weighted by atomic mass is 10.2. The third-order valence-electron chi connectivity index (χ3n) is 3.95. The Labute approximate surface area is 151 Å². The van der Waals surface area contributed by atoms with Crippen LogP contribution >= 0.6 is 0 Å². The first-order chi connectivity index (χ1) is 12.5. The van der Waals surface area contributed by atoms with E-state index in [1.807, 2.05) is 24.6 Å². The second-order valence-electron chi connectivity index (χ2n) is 5.87. The monoisotopic (exact) mass is 355 g/mol. The van der Waals surface area contributed by atoms with Crippen LogP contribution in [0.25, 0.3) is 0 Å². The van der Waals surface area contributed by atoms with Gasteiger partial charge in [0.2, 0.25) is 0 Å². The molecule has 2 heterocycles. The summed E-state index contributed by atoms with van der Waals surface area (Å²) in [5.41, 5.74) is 2.52. The maximum absolute atomic E-state index is 12.5. The zero-order valence-corrected chi connectivity index (χ0v) is 15.2. The van der Waals surface area contributed by atoms with Gasteiger partial charge in [-0.2, -0.15) is 5.10 Å². The van der Waals surface area contributed by atoms with E-state index >= 15 is 0 Å². The minimum absolute atomic E-state index is 0.222. The van der Waals surface area contributed by atoms with Gasteiger partial charge in [0.1, 0.15) is 17.3 Å². The lowest BCUT2D eigenvalue weighted by molar-refractivity contribution is 0.0994. The largest absolute Gasteiger partial charge is 0.497 e. The Hall–Kier alpha value is -3.22. The predicted molar refractivity (Wildman–Crippen MR) is 97.0 cm³/mol. The molecule has 1 amide bonds. The van der Waals surface area contributed by atoms with Gasteiger partial charge in [0, 0.05) is 11.8 Å². The van der Waals surface area contributed by atoms with Crippen molar-refractivity contribution in [2.24, 2.45) is 0 Å². The van der Waals surface area contributed by atoms with Crippen LogP contribution in [-0.2, 0) is 6.54 Å². The minimum atomic E-state index is -0.354. The Bertz CT molecular complexity index is 927. The zero-order valence-electron chi connectivity index (χ0n) is 15.2. The summed E-state index contributed by atoms with van der Waals surface area (Å²) in [4.78, 5) is 12.5. The van der Waals surface area contributed by atoms with Crippen molar-refractivity contribution >= 4 is 11.6 Å². The molecule has 3 aromatic rings. The van der Waals surface area contributed by atoms with Gasteiger partial charge in [-0.3, -0.25) is 9.48 Å². The normalized spacial score (nSPS) is 10.6. The molecule has 0 aliphatic carbocycles. The lowest BCUT2D eigenvalue weighted by Crippen LogP contribution is -2.12. The van der Waals surface area contributed by atoms with Crippen molar-refractivity contribution in [3.63, 3.8) is 0 Å². The molecule has 1 N–H and O–H groups in total. The Morgan fingerprint density at radius 1 is 1.15 bits per heavy atom. The van der Waals surface area contributed by atoms with E-state index in [-0.39, 0.29) is 11.7 Å². The number of aromatic nitrogens is 2. The molecule has 7 heteroatoms. The van der Waals surface area contributed by atoms with Crippen LogP contribution in [0.3, 0.4) is 0 Å². The topological polar surface area (TPSA) is 78.5 Å². The Kier molecular flexibility index (Phi) is 4.97. The van der Waals surface area contributed by atoms with Crippen molar-refractivity contribution < 1.29 is 18.7 Å². The van der Waals surface area contributed by atoms with Crippen LogP contribution in [-0.4, -0.2) is 29.9 Å². The number of aryl methyl sites for hydroxylation is 2. The van der Waals surface area contributed by atoms with Crippen LogP contribution in [0.4, 0.5) is 5.69 Å². The molecule has 7 nitrogen and oxygen atoms in total. The van der Waals surface area contributed by atoms with Gasteiger partial charge >= 0.3 is 0 Å². The third kappa shape index (κ3) is 3.72. The number of carbonyl (C=O) groups is 1. The van der Waals surface area contributed by atoms with Gasteiger partial charge < -0.3 is 19.2 Å². The number of nitrogens with one attached hydrogen (secondary N) is 1. The summed E-state index contributed by atoms with van der Waals surface area (Å²) in [5, 5.41) is 7.18. The van der Waals surface area contributed by atoms with Crippen molar-refractivity contribution in [1.82, 2.24) is 9.78 Å². The molecule has 0 unspecified atom stereocenters. The number of rotatable bonds is 6. The van der Waals surface area contributed by atoms with E-state index in [0.717, 1.165) is 11.4 Å². The molecule has 0 saturated carbocycles. The number of furan rings is 1.